The fraction of sp³-hybridized carbons (Fsp3) is 0.833. The molecule has 0 aromatic rings. The lowest BCUT2D eigenvalue weighted by atomic mass is 10.1. The predicted molar refractivity (Wildman–Crippen MR) is 67.2 cm³/mol. The molecule has 0 unspecified atom stereocenters. The predicted octanol–water partition coefficient (Wildman–Crippen LogP) is 3.66. The maximum atomic E-state index is 12.9. The van der Waals surface area contributed by atoms with Crippen molar-refractivity contribution in [2.45, 2.75) is 48.9 Å². The van der Waals surface area contributed by atoms with Crippen LogP contribution in [0.25, 0.3) is 0 Å². The zero-order valence-corrected chi connectivity index (χ0v) is 13.9. The summed E-state index contributed by atoms with van der Waals surface area (Å²) in [7, 11) is 0. The molecular weight excluding hydrogens is 470 g/mol. The second-order valence-corrected chi connectivity index (χ2v) is 5.51. The molecule has 0 bridgehead atoms. The summed E-state index contributed by atoms with van der Waals surface area (Å²) in [4.78, 5) is 21.7. The minimum absolute atomic E-state index is 0.666. The topological polar surface area (TPSA) is 58.2 Å². The Morgan fingerprint density at radius 3 is 0.933 bits per heavy atom. The van der Waals surface area contributed by atoms with Crippen LogP contribution in [0.5, 0.6) is 0 Å². The van der Waals surface area contributed by atoms with Gasteiger partial charge in [-0.2, -0.15) is 61.5 Å². The van der Waals surface area contributed by atoms with Crippen LogP contribution in [0.2, 0.25) is 0 Å². The first kappa shape index (κ1) is 28.0. The van der Waals surface area contributed by atoms with Gasteiger partial charge in [0.25, 0.3) is 11.8 Å². The molecule has 0 aliphatic heterocycles. The number of halogens is 14. The third-order valence-corrected chi connectivity index (χ3v) is 3.25. The Balaban J connectivity index is 4.60. The highest BCUT2D eigenvalue weighted by molar-refractivity contribution is 5.85. The average molecular weight is 480 g/mol. The molecule has 0 aliphatic carbocycles. The molecule has 0 fully saturated rings. The molecule has 0 aromatic heterocycles. The van der Waals surface area contributed by atoms with Gasteiger partial charge in [-0.1, -0.05) is 0 Å². The Morgan fingerprint density at radius 1 is 0.500 bits per heavy atom. The molecular formula is C12H10F14N2O2. The first-order chi connectivity index (χ1) is 13.0. The largest absolute Gasteiger partial charge is 0.460 e. The van der Waals surface area contributed by atoms with Crippen molar-refractivity contribution >= 4 is 11.8 Å². The van der Waals surface area contributed by atoms with Crippen LogP contribution < -0.4 is 10.6 Å². The second kappa shape index (κ2) is 8.60. The normalized spacial score (nSPS) is 14.5. The summed E-state index contributed by atoms with van der Waals surface area (Å²) in [5.41, 5.74) is 0. The van der Waals surface area contributed by atoms with Gasteiger partial charge in [-0.3, -0.25) is 9.59 Å². The van der Waals surface area contributed by atoms with Gasteiger partial charge in [0.05, 0.1) is 0 Å². The molecule has 4 nitrogen and oxygen atoms in total. The van der Waals surface area contributed by atoms with Crippen LogP contribution in [0, 0.1) is 0 Å². The zero-order valence-electron chi connectivity index (χ0n) is 13.9. The Kier molecular flexibility index (Phi) is 8.02. The van der Waals surface area contributed by atoms with E-state index < -0.39 is 73.8 Å². The molecule has 0 saturated carbocycles. The van der Waals surface area contributed by atoms with Crippen LogP contribution >= 0.6 is 0 Å². The standard InChI is InChI=1S/C12H10F14N2O2/c13-7(14,9(17,18)11(21,22)23)5(29)27-3-1-2-4-28-6(30)8(15,16)10(19,20)12(24,25)26/h1-4H2,(H,27,29)(H,28,30). The third-order valence-electron chi connectivity index (χ3n) is 3.25. The number of rotatable bonds is 9. The lowest BCUT2D eigenvalue weighted by Crippen LogP contribution is -2.59. The van der Waals surface area contributed by atoms with E-state index in [2.05, 4.69) is 0 Å². The summed E-state index contributed by atoms with van der Waals surface area (Å²) in [6.45, 7) is -2.12. The zero-order chi connectivity index (χ0) is 24.4. The van der Waals surface area contributed by atoms with Crippen molar-refractivity contribution in [3.05, 3.63) is 0 Å². The average Bonchev–Trinajstić information content (AvgIpc) is 2.54. The highest BCUT2D eigenvalue weighted by Gasteiger charge is 2.77. The van der Waals surface area contributed by atoms with E-state index in [4.69, 9.17) is 0 Å². The monoisotopic (exact) mass is 480 g/mol. The highest BCUT2D eigenvalue weighted by atomic mass is 19.4. The smallest absolute Gasteiger partial charge is 0.351 e. The molecule has 30 heavy (non-hydrogen) atoms. The van der Waals surface area contributed by atoms with Crippen LogP contribution in [-0.2, 0) is 9.59 Å². The molecule has 2 amide bonds. The van der Waals surface area contributed by atoms with Gasteiger partial charge in [-0.25, -0.2) is 0 Å². The molecule has 2 N–H and O–H groups in total. The molecule has 178 valence electrons. The number of carbonyl (C=O) groups is 2. The van der Waals surface area contributed by atoms with E-state index in [0.29, 0.717) is 0 Å². The van der Waals surface area contributed by atoms with E-state index in [1.165, 1.54) is 0 Å². The van der Waals surface area contributed by atoms with Crippen molar-refractivity contribution in [1.82, 2.24) is 10.6 Å². The number of hydrogen-bond acceptors (Lipinski definition) is 2. The van der Waals surface area contributed by atoms with Gasteiger partial charge in [0.2, 0.25) is 0 Å². The van der Waals surface area contributed by atoms with Crippen molar-refractivity contribution in [2.24, 2.45) is 0 Å². The van der Waals surface area contributed by atoms with Gasteiger partial charge in [0.15, 0.2) is 0 Å². The van der Waals surface area contributed by atoms with Crippen LogP contribution in [0.4, 0.5) is 61.5 Å². The minimum Gasteiger partial charge on any atom is -0.351 e. The number of hydrogen-bond donors (Lipinski definition) is 2. The molecule has 0 atom stereocenters. The summed E-state index contributed by atoms with van der Waals surface area (Å²) in [5, 5.41) is 1.93. The third kappa shape index (κ3) is 5.35. The van der Waals surface area contributed by atoms with Crippen LogP contribution in [0.1, 0.15) is 12.8 Å². The van der Waals surface area contributed by atoms with Crippen molar-refractivity contribution in [1.29, 1.82) is 0 Å². The van der Waals surface area contributed by atoms with Gasteiger partial charge < -0.3 is 10.6 Å². The van der Waals surface area contributed by atoms with Gasteiger partial charge >= 0.3 is 36.0 Å². The summed E-state index contributed by atoms with van der Waals surface area (Å²) in [5.74, 6) is -32.0. The SMILES string of the molecule is O=C(NCCCCNC(=O)C(F)(F)C(F)(F)C(F)(F)F)C(F)(F)C(F)(F)C(F)(F)F. The lowest BCUT2D eigenvalue weighted by molar-refractivity contribution is -0.344. The van der Waals surface area contributed by atoms with Gasteiger partial charge in [0.1, 0.15) is 0 Å². The molecule has 0 radical (unpaired) electrons. The molecule has 0 aromatic carbocycles. The van der Waals surface area contributed by atoms with E-state index in [1.54, 1.807) is 0 Å². The first-order valence-corrected chi connectivity index (χ1v) is 7.26. The highest BCUT2D eigenvalue weighted by Crippen LogP contribution is 2.47. The summed E-state index contributed by atoms with van der Waals surface area (Å²) in [6, 6.07) is 0. The van der Waals surface area contributed by atoms with Gasteiger partial charge in [-0.15, -0.1) is 0 Å². The summed E-state index contributed by atoms with van der Waals surface area (Å²) >= 11 is 0. The van der Waals surface area contributed by atoms with Crippen molar-refractivity contribution in [3.8, 4) is 0 Å². The molecule has 0 spiro atoms. The minimum atomic E-state index is -6.78. The van der Waals surface area contributed by atoms with E-state index in [9.17, 15) is 71.1 Å². The van der Waals surface area contributed by atoms with Crippen LogP contribution in [-0.4, -0.2) is 60.9 Å². The van der Waals surface area contributed by atoms with Crippen molar-refractivity contribution in [3.63, 3.8) is 0 Å². The Hall–Kier alpha value is -2.04. The Morgan fingerprint density at radius 2 is 0.733 bits per heavy atom. The summed E-state index contributed by atoms with van der Waals surface area (Å²) in [6.07, 6.45) is -14.9. The Bertz CT molecular complexity index is 571. The number of unbranched alkanes of at least 4 members (excludes halogenated alkanes) is 1. The molecule has 18 heteroatoms. The maximum Gasteiger partial charge on any atom is 0.460 e. The number of nitrogens with one attached hydrogen (secondary N) is 2. The fourth-order valence-electron chi connectivity index (χ4n) is 1.52. The summed E-state index contributed by atoms with van der Waals surface area (Å²) < 4.78 is 173. The van der Waals surface area contributed by atoms with E-state index >= 15 is 0 Å². The van der Waals surface area contributed by atoms with Gasteiger partial charge in [0, 0.05) is 13.1 Å². The Labute approximate surface area is 156 Å². The molecule has 0 aliphatic rings. The lowest BCUT2D eigenvalue weighted by Gasteiger charge is -2.27. The van der Waals surface area contributed by atoms with E-state index in [0.717, 1.165) is 10.6 Å². The first-order valence-electron chi connectivity index (χ1n) is 7.26. The number of alkyl halides is 14. The van der Waals surface area contributed by atoms with E-state index in [-0.39, 0.29) is 0 Å². The molecule has 0 heterocycles. The van der Waals surface area contributed by atoms with Crippen LogP contribution in [0.15, 0.2) is 0 Å². The maximum absolute atomic E-state index is 12.9. The van der Waals surface area contributed by atoms with Crippen LogP contribution in [0.3, 0.4) is 0 Å². The van der Waals surface area contributed by atoms with Crippen molar-refractivity contribution < 1.29 is 71.1 Å². The molecule has 0 saturated heterocycles. The fourth-order valence-corrected chi connectivity index (χ4v) is 1.52. The number of amides is 2. The quantitative estimate of drug-likeness (QED) is 0.391. The van der Waals surface area contributed by atoms with E-state index in [1.807, 2.05) is 0 Å². The number of carbonyl (C=O) groups excluding carboxylic acids is 2. The van der Waals surface area contributed by atoms with Crippen molar-refractivity contribution in [2.75, 3.05) is 13.1 Å². The second-order valence-electron chi connectivity index (χ2n) is 5.51. The van der Waals surface area contributed by atoms with Gasteiger partial charge in [-0.05, 0) is 12.8 Å². The molecule has 0 rings (SSSR count).